The third-order valence-electron chi connectivity index (χ3n) is 6.06. The molecule has 0 unspecified atom stereocenters. The molecular weight excluding hydrogens is 539 g/mol. The Kier molecular flexibility index (Phi) is 9.88. The number of anilines is 2. The number of piperazine rings is 1. The molecule has 1 atom stereocenters. The highest BCUT2D eigenvalue weighted by molar-refractivity contribution is 6.31. The molecule has 2 aromatic rings. The number of aliphatic hydroxyl groups is 1. The van der Waals surface area contributed by atoms with Gasteiger partial charge in [0.05, 0.1) is 30.0 Å². The molecule has 0 aliphatic carbocycles. The summed E-state index contributed by atoms with van der Waals surface area (Å²) in [5.74, 6) is -5.11. The van der Waals surface area contributed by atoms with Crippen LogP contribution in [0.4, 0.5) is 33.3 Å². The SMILES string of the molecule is O=C(Nc1ccc(Cl)cc1N1CCN(CCC(F)(F)F)CC1)c1ccc(CN[C@H](CO)C(=O)O)c(F)c1F. The number of aliphatic hydroxyl groups excluding tert-OH is 1. The van der Waals surface area contributed by atoms with Crippen LogP contribution in [-0.2, 0) is 11.3 Å². The molecule has 1 aliphatic heterocycles. The zero-order valence-corrected chi connectivity index (χ0v) is 20.8. The summed E-state index contributed by atoms with van der Waals surface area (Å²) in [6, 6.07) is 5.34. The van der Waals surface area contributed by atoms with Gasteiger partial charge in [-0.25, -0.2) is 8.78 Å². The van der Waals surface area contributed by atoms with Gasteiger partial charge in [0.1, 0.15) is 6.04 Å². The van der Waals surface area contributed by atoms with Crippen molar-refractivity contribution in [2.45, 2.75) is 25.2 Å². The van der Waals surface area contributed by atoms with Crippen molar-refractivity contribution in [3.8, 4) is 0 Å². The van der Waals surface area contributed by atoms with Gasteiger partial charge in [0.15, 0.2) is 11.6 Å². The summed E-state index contributed by atoms with van der Waals surface area (Å²) in [7, 11) is 0. The van der Waals surface area contributed by atoms with E-state index in [1.54, 1.807) is 11.0 Å². The first-order valence-electron chi connectivity index (χ1n) is 11.6. The normalized spacial score (nSPS) is 15.4. The lowest BCUT2D eigenvalue weighted by molar-refractivity contribution is -0.140. The van der Waals surface area contributed by atoms with Crippen molar-refractivity contribution in [2.24, 2.45) is 0 Å². The van der Waals surface area contributed by atoms with Gasteiger partial charge in [-0.1, -0.05) is 17.7 Å². The maximum Gasteiger partial charge on any atom is 0.390 e. The van der Waals surface area contributed by atoms with Crippen molar-refractivity contribution in [3.63, 3.8) is 0 Å². The van der Waals surface area contributed by atoms with Gasteiger partial charge in [-0.3, -0.25) is 19.8 Å². The Bertz CT molecular complexity index is 1160. The van der Waals surface area contributed by atoms with Crippen molar-refractivity contribution in [1.29, 1.82) is 0 Å². The Balaban J connectivity index is 1.71. The highest BCUT2D eigenvalue weighted by atomic mass is 35.5. The van der Waals surface area contributed by atoms with Gasteiger partial charge in [-0.15, -0.1) is 0 Å². The number of carbonyl (C=O) groups is 2. The van der Waals surface area contributed by atoms with E-state index < -0.39 is 60.9 Å². The number of carbonyl (C=O) groups excluding carboxylic acids is 1. The molecule has 1 heterocycles. The van der Waals surface area contributed by atoms with E-state index in [1.165, 1.54) is 12.1 Å². The lowest BCUT2D eigenvalue weighted by Crippen LogP contribution is -2.47. The number of rotatable bonds is 10. The van der Waals surface area contributed by atoms with Crippen LogP contribution in [0, 0.1) is 11.6 Å². The third-order valence-corrected chi connectivity index (χ3v) is 6.29. The Hall–Kier alpha value is -3.00. The van der Waals surface area contributed by atoms with Crippen LogP contribution in [-0.4, -0.2) is 78.5 Å². The number of amides is 1. The van der Waals surface area contributed by atoms with Gasteiger partial charge in [0.2, 0.25) is 0 Å². The number of benzene rings is 2. The molecule has 1 saturated heterocycles. The van der Waals surface area contributed by atoms with Crippen LogP contribution in [0.1, 0.15) is 22.3 Å². The molecule has 3 rings (SSSR count). The van der Waals surface area contributed by atoms with Crippen molar-refractivity contribution >= 4 is 34.9 Å². The number of carboxylic acids is 1. The Labute approximate surface area is 220 Å². The molecule has 0 bridgehead atoms. The number of hydrogen-bond acceptors (Lipinski definition) is 6. The fourth-order valence-electron chi connectivity index (χ4n) is 3.92. The predicted octanol–water partition coefficient (Wildman–Crippen LogP) is 3.48. The average Bonchev–Trinajstić information content (AvgIpc) is 2.86. The lowest BCUT2D eigenvalue weighted by Gasteiger charge is -2.37. The summed E-state index contributed by atoms with van der Waals surface area (Å²) in [6.45, 7) is 0.136. The Morgan fingerprint density at radius 2 is 1.74 bits per heavy atom. The molecule has 1 amide bonds. The molecule has 0 radical (unpaired) electrons. The number of nitrogens with zero attached hydrogens (tertiary/aromatic N) is 2. The van der Waals surface area contributed by atoms with Gasteiger partial charge in [0, 0.05) is 49.9 Å². The monoisotopic (exact) mass is 564 g/mol. The number of carboxylic acid groups (broad SMARTS) is 1. The summed E-state index contributed by atoms with van der Waals surface area (Å²) in [5, 5.41) is 23.2. The van der Waals surface area contributed by atoms with E-state index in [-0.39, 0.29) is 17.8 Å². The van der Waals surface area contributed by atoms with E-state index in [9.17, 15) is 31.5 Å². The van der Waals surface area contributed by atoms with Gasteiger partial charge >= 0.3 is 12.1 Å². The smallest absolute Gasteiger partial charge is 0.390 e. The molecule has 1 fully saturated rings. The van der Waals surface area contributed by atoms with Crippen LogP contribution in [0.2, 0.25) is 5.02 Å². The summed E-state index contributed by atoms with van der Waals surface area (Å²) < 4.78 is 66.9. The second kappa shape index (κ2) is 12.7. The van der Waals surface area contributed by atoms with Gasteiger partial charge in [-0.05, 0) is 24.3 Å². The van der Waals surface area contributed by atoms with Crippen molar-refractivity contribution in [3.05, 3.63) is 58.1 Å². The second-order valence-electron chi connectivity index (χ2n) is 8.66. The third kappa shape index (κ3) is 7.76. The number of halogens is 6. The topological polar surface area (TPSA) is 105 Å². The first-order valence-corrected chi connectivity index (χ1v) is 12.0. The van der Waals surface area contributed by atoms with Crippen LogP contribution < -0.4 is 15.5 Å². The zero-order valence-electron chi connectivity index (χ0n) is 20.0. The highest BCUT2D eigenvalue weighted by Crippen LogP contribution is 2.31. The van der Waals surface area contributed by atoms with Crippen LogP contribution in [0.15, 0.2) is 30.3 Å². The standard InChI is InChI=1S/C24H26ClF5N4O4/c25-15-2-4-17(19(11-15)34-9-7-33(8-10-34)6-5-24(28,29)30)32-22(36)16-3-1-14(20(26)21(16)27)12-31-18(13-35)23(37)38/h1-4,11,18,31,35H,5-10,12-13H2,(H,32,36)(H,37,38)/t18-/m1/s1. The lowest BCUT2D eigenvalue weighted by atomic mass is 10.1. The Morgan fingerprint density at radius 3 is 2.34 bits per heavy atom. The van der Waals surface area contributed by atoms with Gasteiger partial charge in [0.25, 0.3) is 5.91 Å². The molecule has 1 aliphatic rings. The van der Waals surface area contributed by atoms with E-state index >= 15 is 0 Å². The molecule has 0 spiro atoms. The summed E-state index contributed by atoms with van der Waals surface area (Å²) in [4.78, 5) is 27.3. The maximum atomic E-state index is 14.8. The summed E-state index contributed by atoms with van der Waals surface area (Å²) in [5.41, 5.74) is -0.108. The molecule has 38 heavy (non-hydrogen) atoms. The summed E-state index contributed by atoms with van der Waals surface area (Å²) in [6.07, 6.45) is -5.16. The molecule has 0 saturated carbocycles. The van der Waals surface area contributed by atoms with E-state index in [1.807, 2.05) is 4.90 Å². The quantitative estimate of drug-likeness (QED) is 0.328. The largest absolute Gasteiger partial charge is 0.480 e. The number of aliphatic carboxylic acids is 1. The minimum Gasteiger partial charge on any atom is -0.480 e. The maximum absolute atomic E-state index is 14.8. The fraction of sp³-hybridized carbons (Fsp3) is 0.417. The molecule has 0 aromatic heterocycles. The van der Waals surface area contributed by atoms with Crippen molar-refractivity contribution in [1.82, 2.24) is 10.2 Å². The number of hydrogen-bond donors (Lipinski definition) is 4. The first kappa shape index (κ1) is 29.6. The van der Waals surface area contributed by atoms with E-state index in [4.69, 9.17) is 21.8 Å². The van der Waals surface area contributed by atoms with Crippen LogP contribution in [0.25, 0.3) is 0 Å². The van der Waals surface area contributed by atoms with E-state index in [2.05, 4.69) is 10.6 Å². The molecule has 4 N–H and O–H groups in total. The van der Waals surface area contributed by atoms with Crippen LogP contribution in [0.3, 0.4) is 0 Å². The molecular formula is C24H26ClF5N4O4. The first-order chi connectivity index (χ1) is 17.9. The Morgan fingerprint density at radius 1 is 1.05 bits per heavy atom. The van der Waals surface area contributed by atoms with Crippen LogP contribution >= 0.6 is 11.6 Å². The predicted molar refractivity (Wildman–Crippen MR) is 130 cm³/mol. The zero-order chi connectivity index (χ0) is 28.0. The van der Waals surface area contributed by atoms with Gasteiger partial charge in [-0.2, -0.15) is 13.2 Å². The number of alkyl halides is 3. The van der Waals surface area contributed by atoms with E-state index in [0.29, 0.717) is 36.9 Å². The van der Waals surface area contributed by atoms with Crippen LogP contribution in [0.5, 0.6) is 0 Å². The van der Waals surface area contributed by atoms with E-state index in [0.717, 1.165) is 12.1 Å². The molecule has 208 valence electrons. The average molecular weight is 565 g/mol. The highest BCUT2D eigenvalue weighted by Gasteiger charge is 2.29. The second-order valence-corrected chi connectivity index (χ2v) is 9.10. The fourth-order valence-corrected chi connectivity index (χ4v) is 4.09. The van der Waals surface area contributed by atoms with Crippen molar-refractivity contribution < 1.29 is 41.8 Å². The summed E-state index contributed by atoms with van der Waals surface area (Å²) >= 11 is 6.12. The number of nitrogens with one attached hydrogen (secondary N) is 2. The molecule has 2 aromatic carbocycles. The molecule has 8 nitrogen and oxygen atoms in total. The minimum atomic E-state index is -4.24. The minimum absolute atomic E-state index is 0.121. The van der Waals surface area contributed by atoms with Gasteiger partial charge < -0.3 is 20.4 Å². The molecule has 14 heteroatoms. The van der Waals surface area contributed by atoms with Crippen molar-refractivity contribution in [2.75, 3.05) is 49.5 Å².